The van der Waals surface area contributed by atoms with E-state index in [1.165, 1.54) is 36.4 Å². The molecule has 13 nitrogen and oxygen atoms in total. The van der Waals surface area contributed by atoms with Crippen LogP contribution in [-0.4, -0.2) is 132 Å². The van der Waals surface area contributed by atoms with E-state index in [1.807, 2.05) is 14.7 Å². The number of rotatable bonds is 9. The Balaban J connectivity index is 0.000000213. The first-order valence-electron chi connectivity index (χ1n) is 16.7. The van der Waals surface area contributed by atoms with Gasteiger partial charge in [0.1, 0.15) is 23.3 Å². The summed E-state index contributed by atoms with van der Waals surface area (Å²) >= 11 is 0. The van der Waals surface area contributed by atoms with Crippen molar-refractivity contribution in [1.82, 2.24) is 19.8 Å². The topological polar surface area (TPSA) is 174 Å². The van der Waals surface area contributed by atoms with E-state index in [4.69, 9.17) is 16.4 Å². The molecule has 4 aromatic rings. The summed E-state index contributed by atoms with van der Waals surface area (Å²) in [4.78, 5) is 18.6. The average Bonchev–Trinajstić information content (AvgIpc) is 3.12. The van der Waals surface area contributed by atoms with E-state index in [-0.39, 0.29) is 31.3 Å². The first kappa shape index (κ1) is 39.4. The van der Waals surface area contributed by atoms with Crippen molar-refractivity contribution in [3.63, 3.8) is 0 Å². The van der Waals surface area contributed by atoms with Crippen LogP contribution >= 0.6 is 0 Å². The number of hydrogen-bond donors (Lipinski definition) is 4. The minimum Gasteiger partial charge on any atom is -0.397 e. The van der Waals surface area contributed by atoms with Crippen LogP contribution in [0.5, 0.6) is 0 Å². The third-order valence-corrected chi connectivity index (χ3v) is 8.40. The number of β-amino-alcohol motifs (C(OH)–C–C–N with tert-alkyl or cyclic N) is 2. The lowest BCUT2D eigenvalue weighted by atomic mass is 10.1. The molecular formula is C34H44F4N10O3. The summed E-state index contributed by atoms with van der Waals surface area (Å²) in [6.45, 7) is 8.27. The number of aliphatic hydroxyl groups excluding tert-OH is 3. The average molecular weight is 717 g/mol. The van der Waals surface area contributed by atoms with E-state index >= 15 is 0 Å². The number of azide groups is 1. The quantitative estimate of drug-likeness (QED) is 0.0662. The Labute approximate surface area is 293 Å². The molecule has 51 heavy (non-hydrogen) atoms. The number of halogens is 4. The molecule has 17 heteroatoms. The Hall–Kier alpha value is -4.35. The van der Waals surface area contributed by atoms with Crippen molar-refractivity contribution >= 4 is 33.2 Å². The fraction of sp³-hybridized carbons (Fsp3) is 0.471. The molecule has 2 fully saturated rings. The highest BCUT2D eigenvalue weighted by molar-refractivity contribution is 5.93. The maximum atomic E-state index is 13.8. The van der Waals surface area contributed by atoms with Gasteiger partial charge >= 0.3 is 0 Å². The number of nitrogens with two attached hydrogens (primary N) is 1. The van der Waals surface area contributed by atoms with E-state index in [2.05, 4.69) is 24.9 Å². The van der Waals surface area contributed by atoms with Gasteiger partial charge in [-0.25, -0.2) is 18.7 Å². The van der Waals surface area contributed by atoms with Gasteiger partial charge in [0.2, 0.25) is 11.9 Å². The summed E-state index contributed by atoms with van der Waals surface area (Å²) in [6.07, 6.45) is -1.26. The van der Waals surface area contributed by atoms with Crippen LogP contribution in [0.3, 0.4) is 0 Å². The molecular weight excluding hydrogens is 672 g/mol. The van der Waals surface area contributed by atoms with Gasteiger partial charge in [0.05, 0.1) is 18.8 Å². The second-order valence-corrected chi connectivity index (χ2v) is 12.1. The van der Waals surface area contributed by atoms with Gasteiger partial charge in [-0.05, 0) is 47.5 Å². The fourth-order valence-electron chi connectivity index (χ4n) is 5.97. The second kappa shape index (κ2) is 19.3. The molecule has 2 saturated heterocycles. The fourth-order valence-corrected chi connectivity index (χ4v) is 5.97. The minimum absolute atomic E-state index is 0.0338. The molecule has 2 aliphatic rings. The number of pyridine rings is 2. The largest absolute Gasteiger partial charge is 0.397 e. The second-order valence-electron chi connectivity index (χ2n) is 12.1. The Morgan fingerprint density at radius 3 is 1.55 bits per heavy atom. The zero-order valence-corrected chi connectivity index (χ0v) is 28.4. The van der Waals surface area contributed by atoms with E-state index in [9.17, 15) is 27.8 Å². The van der Waals surface area contributed by atoms with E-state index < -0.39 is 24.1 Å². The molecule has 0 bridgehead atoms. The highest BCUT2D eigenvalue weighted by atomic mass is 19.1. The van der Waals surface area contributed by atoms with Gasteiger partial charge in [-0.3, -0.25) is 9.80 Å². The molecule has 4 heterocycles. The lowest BCUT2D eigenvalue weighted by Crippen LogP contribution is -2.49. The van der Waals surface area contributed by atoms with Crippen LogP contribution in [0.2, 0.25) is 0 Å². The van der Waals surface area contributed by atoms with Crippen molar-refractivity contribution in [2.45, 2.75) is 19.1 Å². The molecule has 276 valence electrons. The molecule has 2 unspecified atom stereocenters. The SMILES string of the molecule is CCO.NCC(O)CN1CCN(c2nc(F)cc3ccc(F)cc23)CC1.[N-]=[N+]=NCC(O)CN1CCN(c2nc(F)cc3ccc(F)cc23)CC1. The van der Waals surface area contributed by atoms with Gasteiger partial charge in [-0.15, -0.1) is 0 Å². The maximum absolute atomic E-state index is 13.8. The lowest BCUT2D eigenvalue weighted by molar-refractivity contribution is 0.114. The zero-order valence-electron chi connectivity index (χ0n) is 28.4. The number of aromatic nitrogens is 2. The van der Waals surface area contributed by atoms with Crippen LogP contribution in [0.25, 0.3) is 32.0 Å². The Morgan fingerprint density at radius 2 is 1.16 bits per heavy atom. The molecule has 0 saturated carbocycles. The minimum atomic E-state index is -0.718. The molecule has 0 amide bonds. The number of nitrogens with zero attached hydrogens (tertiary/aromatic N) is 9. The first-order valence-corrected chi connectivity index (χ1v) is 16.7. The van der Waals surface area contributed by atoms with Crippen LogP contribution in [0, 0.1) is 23.5 Å². The van der Waals surface area contributed by atoms with Gasteiger partial charge in [0.25, 0.3) is 0 Å². The van der Waals surface area contributed by atoms with Crippen molar-refractivity contribution in [3.05, 3.63) is 82.5 Å². The van der Waals surface area contributed by atoms with Crippen LogP contribution < -0.4 is 15.5 Å². The first-order chi connectivity index (χ1) is 24.5. The van der Waals surface area contributed by atoms with Crippen molar-refractivity contribution in [1.29, 1.82) is 0 Å². The summed E-state index contributed by atoms with van der Waals surface area (Å²) in [5, 5.41) is 32.8. The predicted molar refractivity (Wildman–Crippen MR) is 188 cm³/mol. The summed E-state index contributed by atoms with van der Waals surface area (Å²) in [5.74, 6) is -1.01. The predicted octanol–water partition coefficient (Wildman–Crippen LogP) is 3.26. The van der Waals surface area contributed by atoms with Gasteiger partial charge in [0, 0.05) is 106 Å². The number of piperazine rings is 2. The number of benzene rings is 2. The summed E-state index contributed by atoms with van der Waals surface area (Å²) < 4.78 is 54.7. The Bertz CT molecular complexity index is 1770. The van der Waals surface area contributed by atoms with Crippen molar-refractivity contribution in [3.8, 4) is 0 Å². The van der Waals surface area contributed by atoms with Crippen molar-refractivity contribution < 1.29 is 32.9 Å². The zero-order chi connectivity index (χ0) is 36.9. The molecule has 0 radical (unpaired) electrons. The van der Waals surface area contributed by atoms with Gasteiger partial charge in [0.15, 0.2) is 0 Å². The van der Waals surface area contributed by atoms with Crippen molar-refractivity contribution in [2.24, 2.45) is 10.8 Å². The lowest BCUT2D eigenvalue weighted by Gasteiger charge is -2.36. The smallest absolute Gasteiger partial charge is 0.215 e. The maximum Gasteiger partial charge on any atom is 0.215 e. The number of anilines is 2. The molecule has 0 aliphatic carbocycles. The van der Waals surface area contributed by atoms with Gasteiger partial charge < -0.3 is 30.9 Å². The van der Waals surface area contributed by atoms with Crippen LogP contribution in [-0.2, 0) is 0 Å². The summed E-state index contributed by atoms with van der Waals surface area (Å²) in [7, 11) is 0. The van der Waals surface area contributed by atoms with Gasteiger partial charge in [-0.1, -0.05) is 17.2 Å². The Morgan fingerprint density at radius 1 is 0.745 bits per heavy atom. The van der Waals surface area contributed by atoms with Crippen LogP contribution in [0.15, 0.2) is 53.6 Å². The molecule has 2 aromatic heterocycles. The number of hydrogen-bond acceptors (Lipinski definition) is 11. The monoisotopic (exact) mass is 716 g/mol. The number of fused-ring (bicyclic) bond motifs is 2. The summed E-state index contributed by atoms with van der Waals surface area (Å²) in [5.41, 5.74) is 13.7. The molecule has 5 N–H and O–H groups in total. The van der Waals surface area contributed by atoms with Gasteiger partial charge in [-0.2, -0.15) is 8.78 Å². The van der Waals surface area contributed by atoms with E-state index in [0.717, 1.165) is 0 Å². The molecule has 2 aromatic carbocycles. The van der Waals surface area contributed by atoms with Crippen LogP contribution in [0.4, 0.5) is 29.2 Å². The highest BCUT2D eigenvalue weighted by Crippen LogP contribution is 2.28. The van der Waals surface area contributed by atoms with E-state index in [1.54, 1.807) is 19.1 Å². The van der Waals surface area contributed by atoms with Crippen LogP contribution in [0.1, 0.15) is 6.92 Å². The molecule has 0 spiro atoms. The molecule has 2 atom stereocenters. The standard InChI is InChI=1S/C16H18F2N6O.C16H20F2N4O.C2H6O/c17-12-2-1-11-7-15(18)21-16(14(11)8-12)24-5-3-23(4-6-24)10-13(25)9-20-22-19;17-12-2-1-11-7-15(18)20-16(14(11)8-12)22-5-3-21(4-6-22)10-13(23)9-19;1-2-3/h1-2,7-8,13,25H,3-6,9-10H2;1-2,7-8,13,23H,3-6,9-10,19H2;3H,2H2,1H3. The third kappa shape index (κ3) is 11.3. The molecule has 2 aliphatic heterocycles. The number of aliphatic hydroxyl groups is 3. The normalized spacial score (nSPS) is 16.5. The van der Waals surface area contributed by atoms with E-state index in [0.29, 0.717) is 98.6 Å². The third-order valence-electron chi connectivity index (χ3n) is 8.40. The van der Waals surface area contributed by atoms with Crippen molar-refractivity contribution in [2.75, 3.05) is 94.9 Å². The highest BCUT2D eigenvalue weighted by Gasteiger charge is 2.23. The Kier molecular flexibility index (Phi) is 14.9. The molecule has 6 rings (SSSR count). The summed E-state index contributed by atoms with van der Waals surface area (Å²) in [6, 6.07) is 11.1.